The molecular formula is C21H22N4O2S. The van der Waals surface area contributed by atoms with Crippen molar-refractivity contribution in [2.75, 3.05) is 25.0 Å². The topological polar surface area (TPSA) is 67.3 Å². The number of carbonyl (C=O) groups is 1. The Morgan fingerprint density at radius 1 is 1.32 bits per heavy atom. The summed E-state index contributed by atoms with van der Waals surface area (Å²) < 4.78 is 4.86. The predicted octanol–water partition coefficient (Wildman–Crippen LogP) is 3.46. The predicted molar refractivity (Wildman–Crippen MR) is 108 cm³/mol. The number of piperidine rings is 1. The van der Waals surface area contributed by atoms with Gasteiger partial charge < -0.3 is 10.1 Å². The number of hydrogen-bond donors (Lipinski definition) is 1. The summed E-state index contributed by atoms with van der Waals surface area (Å²) in [5.41, 5.74) is 2.36. The van der Waals surface area contributed by atoms with Gasteiger partial charge in [-0.05, 0) is 50.6 Å². The second-order valence-electron chi connectivity index (χ2n) is 6.81. The van der Waals surface area contributed by atoms with Gasteiger partial charge in [-0.25, -0.2) is 14.8 Å². The smallest absolute Gasteiger partial charge is 0.384 e. The van der Waals surface area contributed by atoms with Gasteiger partial charge in [0.25, 0.3) is 0 Å². The van der Waals surface area contributed by atoms with E-state index < -0.39 is 5.97 Å². The largest absolute Gasteiger partial charge is 0.456 e. The van der Waals surface area contributed by atoms with Gasteiger partial charge in [-0.1, -0.05) is 23.7 Å². The molecule has 1 saturated heterocycles. The third kappa shape index (κ3) is 4.46. The first-order valence-corrected chi connectivity index (χ1v) is 10.3. The molecule has 2 aliphatic heterocycles. The molecule has 0 saturated carbocycles. The van der Waals surface area contributed by atoms with Crippen LogP contribution in [0.25, 0.3) is 0 Å². The minimum atomic E-state index is -0.421. The molecule has 0 unspecified atom stereocenters. The lowest BCUT2D eigenvalue weighted by Gasteiger charge is -2.30. The second kappa shape index (κ2) is 8.63. The summed E-state index contributed by atoms with van der Waals surface area (Å²) >= 11 is 1.65. The van der Waals surface area contributed by atoms with E-state index in [2.05, 4.69) is 50.2 Å². The molecule has 0 spiro atoms. The molecule has 1 N–H and O–H groups in total. The third-order valence-electron chi connectivity index (χ3n) is 4.82. The average molecular weight is 395 g/mol. The lowest BCUT2D eigenvalue weighted by atomic mass is 9.97. The van der Waals surface area contributed by atoms with E-state index >= 15 is 0 Å². The number of benzene rings is 1. The van der Waals surface area contributed by atoms with Crippen LogP contribution in [0, 0.1) is 17.8 Å². The van der Waals surface area contributed by atoms with Gasteiger partial charge in [-0.15, -0.1) is 0 Å². The number of rotatable bonds is 3. The maximum absolute atomic E-state index is 11.4. The van der Waals surface area contributed by atoms with E-state index in [0.717, 1.165) is 49.0 Å². The van der Waals surface area contributed by atoms with Crippen molar-refractivity contribution in [3.63, 3.8) is 0 Å². The number of fused-ring (bicyclic) bond motifs is 2. The van der Waals surface area contributed by atoms with E-state index in [1.54, 1.807) is 31.1 Å². The van der Waals surface area contributed by atoms with Crippen molar-refractivity contribution in [3.05, 3.63) is 36.2 Å². The quantitative estimate of drug-likeness (QED) is 0.414. The Labute approximate surface area is 169 Å². The number of likely N-dealkylation sites (tertiary alicyclic amines) is 1. The molecular weight excluding hydrogens is 372 g/mol. The third-order valence-corrected chi connectivity index (χ3v) is 5.88. The summed E-state index contributed by atoms with van der Waals surface area (Å²) in [6.07, 6.45) is 5.38. The van der Waals surface area contributed by atoms with E-state index in [1.165, 1.54) is 10.5 Å². The molecule has 1 aromatic carbocycles. The Morgan fingerprint density at radius 2 is 2.14 bits per heavy atom. The van der Waals surface area contributed by atoms with Crippen molar-refractivity contribution in [2.24, 2.45) is 5.92 Å². The molecule has 0 radical (unpaired) electrons. The highest BCUT2D eigenvalue weighted by atomic mass is 32.2. The van der Waals surface area contributed by atoms with E-state index in [0.29, 0.717) is 6.61 Å². The standard InChI is InChI=1S/C21H22N4O2S/c1-2-27-19(26)6-4-15-7-11-25(12-8-15)14-16-3-5-18-17(13-16)24-20-21(28-18)23-10-9-22-20/h3,5,9-10,13,15H,2,7-8,11-12,14H2,1H3,(H,22,24). The van der Waals surface area contributed by atoms with Crippen molar-refractivity contribution in [2.45, 2.75) is 36.2 Å². The SMILES string of the molecule is CCOC(=O)C#CC1CCN(Cc2ccc3c(c2)Nc2nccnc2S3)CC1. The molecule has 7 heteroatoms. The fourth-order valence-electron chi connectivity index (χ4n) is 3.40. The highest BCUT2D eigenvalue weighted by molar-refractivity contribution is 7.99. The van der Waals surface area contributed by atoms with Gasteiger partial charge in [0.15, 0.2) is 5.82 Å². The number of anilines is 2. The maximum Gasteiger partial charge on any atom is 0.384 e. The van der Waals surface area contributed by atoms with Crippen molar-refractivity contribution < 1.29 is 9.53 Å². The number of ether oxygens (including phenoxy) is 1. The lowest BCUT2D eigenvalue weighted by Crippen LogP contribution is -2.32. The Bertz CT molecular complexity index is 929. The van der Waals surface area contributed by atoms with Crippen molar-refractivity contribution in [1.82, 2.24) is 14.9 Å². The molecule has 2 aliphatic rings. The first kappa shape index (κ1) is 18.8. The Hall–Kier alpha value is -2.56. The molecule has 0 atom stereocenters. The van der Waals surface area contributed by atoms with Crippen LogP contribution in [-0.4, -0.2) is 40.5 Å². The molecule has 0 aliphatic carbocycles. The van der Waals surface area contributed by atoms with Crippen LogP contribution in [0.3, 0.4) is 0 Å². The Morgan fingerprint density at radius 3 is 2.96 bits per heavy atom. The minimum Gasteiger partial charge on any atom is -0.456 e. The maximum atomic E-state index is 11.4. The minimum absolute atomic E-state index is 0.275. The average Bonchev–Trinajstić information content (AvgIpc) is 2.72. The molecule has 1 aromatic heterocycles. The van der Waals surface area contributed by atoms with Crippen molar-refractivity contribution in [1.29, 1.82) is 0 Å². The first-order chi connectivity index (χ1) is 13.7. The number of nitrogens with one attached hydrogen (secondary N) is 1. The van der Waals surface area contributed by atoms with Crippen LogP contribution < -0.4 is 5.32 Å². The van der Waals surface area contributed by atoms with Crippen LogP contribution in [0.2, 0.25) is 0 Å². The fraction of sp³-hybridized carbons (Fsp3) is 0.381. The van der Waals surface area contributed by atoms with Crippen LogP contribution in [-0.2, 0) is 16.1 Å². The molecule has 1 fully saturated rings. The lowest BCUT2D eigenvalue weighted by molar-refractivity contribution is -0.136. The van der Waals surface area contributed by atoms with Gasteiger partial charge in [0, 0.05) is 35.7 Å². The number of aromatic nitrogens is 2. The first-order valence-electron chi connectivity index (χ1n) is 9.50. The van der Waals surface area contributed by atoms with Crippen molar-refractivity contribution >= 4 is 29.2 Å². The highest BCUT2D eigenvalue weighted by Gasteiger charge is 2.20. The van der Waals surface area contributed by atoms with Gasteiger partial charge in [0.2, 0.25) is 0 Å². The van der Waals surface area contributed by atoms with Gasteiger partial charge in [0.05, 0.1) is 12.3 Å². The van der Waals surface area contributed by atoms with Gasteiger partial charge in [0.1, 0.15) is 5.03 Å². The zero-order valence-electron chi connectivity index (χ0n) is 15.8. The van der Waals surface area contributed by atoms with Gasteiger partial charge >= 0.3 is 5.97 Å². The summed E-state index contributed by atoms with van der Waals surface area (Å²) in [5, 5.41) is 4.30. The molecule has 6 nitrogen and oxygen atoms in total. The molecule has 144 valence electrons. The number of nitrogens with zero attached hydrogens (tertiary/aromatic N) is 3. The second-order valence-corrected chi connectivity index (χ2v) is 7.84. The monoisotopic (exact) mass is 394 g/mol. The summed E-state index contributed by atoms with van der Waals surface area (Å²) in [6.45, 7) is 5.04. The van der Waals surface area contributed by atoms with E-state index in [1.807, 2.05) is 0 Å². The molecule has 2 aromatic rings. The molecule has 28 heavy (non-hydrogen) atoms. The van der Waals surface area contributed by atoms with E-state index in [-0.39, 0.29) is 5.92 Å². The van der Waals surface area contributed by atoms with Crippen LogP contribution in [0.1, 0.15) is 25.3 Å². The number of esters is 1. The zero-order chi connectivity index (χ0) is 19.3. The van der Waals surface area contributed by atoms with Gasteiger partial charge in [-0.2, -0.15) is 0 Å². The summed E-state index contributed by atoms with van der Waals surface area (Å²) in [6, 6.07) is 6.53. The number of hydrogen-bond acceptors (Lipinski definition) is 7. The zero-order valence-corrected chi connectivity index (χ0v) is 16.6. The van der Waals surface area contributed by atoms with Crippen LogP contribution in [0.4, 0.5) is 11.5 Å². The summed E-state index contributed by atoms with van der Waals surface area (Å²) in [7, 11) is 0. The Balaban J connectivity index is 1.33. The fourth-order valence-corrected chi connectivity index (χ4v) is 4.28. The van der Waals surface area contributed by atoms with Crippen molar-refractivity contribution in [3.8, 4) is 11.8 Å². The van der Waals surface area contributed by atoms with E-state index in [9.17, 15) is 4.79 Å². The molecule has 0 bridgehead atoms. The van der Waals surface area contributed by atoms with E-state index in [4.69, 9.17) is 4.74 Å². The molecule has 0 amide bonds. The molecule has 3 heterocycles. The molecule has 4 rings (SSSR count). The number of carbonyl (C=O) groups excluding carboxylic acids is 1. The summed E-state index contributed by atoms with van der Waals surface area (Å²) in [5.74, 6) is 6.35. The van der Waals surface area contributed by atoms with Crippen LogP contribution in [0.15, 0.2) is 40.5 Å². The highest BCUT2D eigenvalue weighted by Crippen LogP contribution is 2.42. The normalized spacial score (nSPS) is 16.2. The van der Waals surface area contributed by atoms with Crippen LogP contribution >= 0.6 is 11.8 Å². The van der Waals surface area contributed by atoms with Crippen LogP contribution in [0.5, 0.6) is 0 Å². The summed E-state index contributed by atoms with van der Waals surface area (Å²) in [4.78, 5) is 23.7. The Kier molecular flexibility index (Phi) is 5.79. The van der Waals surface area contributed by atoms with Gasteiger partial charge in [-0.3, -0.25) is 4.90 Å².